The third-order valence-electron chi connectivity index (χ3n) is 6.95. The van der Waals surface area contributed by atoms with E-state index in [1.165, 1.54) is 0 Å². The van der Waals surface area contributed by atoms with Gasteiger partial charge in [-0.3, -0.25) is 9.59 Å². The van der Waals surface area contributed by atoms with Crippen molar-refractivity contribution >= 4 is 18.0 Å². The molecule has 2 aliphatic rings. The van der Waals surface area contributed by atoms with E-state index in [4.69, 9.17) is 9.84 Å². The van der Waals surface area contributed by atoms with Crippen molar-refractivity contribution in [1.82, 2.24) is 10.6 Å². The fourth-order valence-corrected chi connectivity index (χ4v) is 5.32. The molecule has 0 radical (unpaired) electrons. The van der Waals surface area contributed by atoms with E-state index in [1.807, 2.05) is 31.2 Å². The molecule has 0 saturated heterocycles. The van der Waals surface area contributed by atoms with Crippen LogP contribution in [0, 0.1) is 5.92 Å². The Morgan fingerprint density at radius 1 is 1.03 bits per heavy atom. The van der Waals surface area contributed by atoms with Gasteiger partial charge < -0.3 is 20.5 Å². The van der Waals surface area contributed by atoms with Gasteiger partial charge in [-0.15, -0.1) is 0 Å². The van der Waals surface area contributed by atoms with Gasteiger partial charge in [0.25, 0.3) is 0 Å². The van der Waals surface area contributed by atoms with Gasteiger partial charge in [-0.2, -0.15) is 0 Å². The average Bonchev–Trinajstić information content (AvgIpc) is 3.38. The predicted octanol–water partition coefficient (Wildman–Crippen LogP) is 4.45. The number of nitrogens with one attached hydrogen (secondary N) is 2. The van der Waals surface area contributed by atoms with Crippen molar-refractivity contribution in [3.8, 4) is 11.1 Å². The maximum absolute atomic E-state index is 12.9. The number of fused-ring (bicyclic) bond motifs is 3. The molecule has 1 fully saturated rings. The lowest BCUT2D eigenvalue weighted by molar-refractivity contribution is -0.138. The highest BCUT2D eigenvalue weighted by molar-refractivity contribution is 5.86. The molecule has 0 aliphatic heterocycles. The molecule has 2 aromatic carbocycles. The first-order valence-electron chi connectivity index (χ1n) is 12.1. The SMILES string of the molecule is CCCC(NC(=O)OCC1c2ccccc2-c2ccccc21)C(=O)N[C@@H]1CCC[C@H]1CC(=O)O. The van der Waals surface area contributed by atoms with Crippen LogP contribution in [0.1, 0.15) is 62.5 Å². The summed E-state index contributed by atoms with van der Waals surface area (Å²) in [5, 5.41) is 14.8. The van der Waals surface area contributed by atoms with E-state index in [1.54, 1.807) is 0 Å². The number of hydrogen-bond donors (Lipinski definition) is 3. The smallest absolute Gasteiger partial charge is 0.407 e. The van der Waals surface area contributed by atoms with Crippen molar-refractivity contribution in [2.75, 3.05) is 6.61 Å². The number of carbonyl (C=O) groups is 3. The Hall–Kier alpha value is -3.35. The summed E-state index contributed by atoms with van der Waals surface area (Å²) >= 11 is 0. The lowest BCUT2D eigenvalue weighted by atomic mass is 9.98. The summed E-state index contributed by atoms with van der Waals surface area (Å²) in [6, 6.07) is 15.4. The maximum atomic E-state index is 12.9. The van der Waals surface area contributed by atoms with E-state index < -0.39 is 18.1 Å². The van der Waals surface area contributed by atoms with E-state index >= 15 is 0 Å². The standard InChI is InChI=1S/C27H32N2O5/c1-2-8-24(26(32)28-23-14-7-9-17(23)15-25(30)31)29-27(33)34-16-22-20-12-5-3-10-18(20)19-11-4-6-13-21(19)22/h3-6,10-13,17,22-24H,2,7-9,14-16H2,1H3,(H,28,32)(H,29,33)(H,30,31)/t17-,23+,24?/m0/s1. The third kappa shape index (κ3) is 5.24. The molecule has 2 aliphatic carbocycles. The molecular formula is C27H32N2O5. The highest BCUT2D eigenvalue weighted by Gasteiger charge is 2.33. The van der Waals surface area contributed by atoms with Crippen LogP contribution in [0.4, 0.5) is 4.79 Å². The Morgan fingerprint density at radius 3 is 2.29 bits per heavy atom. The molecular weight excluding hydrogens is 432 g/mol. The van der Waals surface area contributed by atoms with E-state index in [0.717, 1.165) is 41.5 Å². The highest BCUT2D eigenvalue weighted by Crippen LogP contribution is 2.44. The van der Waals surface area contributed by atoms with Crippen molar-refractivity contribution in [2.24, 2.45) is 5.92 Å². The largest absolute Gasteiger partial charge is 0.481 e. The number of carbonyl (C=O) groups excluding carboxylic acids is 2. The molecule has 0 spiro atoms. The summed E-state index contributed by atoms with van der Waals surface area (Å²) in [7, 11) is 0. The Balaban J connectivity index is 1.36. The number of benzene rings is 2. The molecule has 0 aromatic heterocycles. The topological polar surface area (TPSA) is 105 Å². The molecule has 34 heavy (non-hydrogen) atoms. The monoisotopic (exact) mass is 464 g/mol. The van der Waals surface area contributed by atoms with E-state index in [-0.39, 0.29) is 36.8 Å². The Labute approximate surface area is 199 Å². The number of aliphatic carboxylic acids is 1. The molecule has 3 N–H and O–H groups in total. The van der Waals surface area contributed by atoms with Crippen molar-refractivity contribution in [3.05, 3.63) is 59.7 Å². The van der Waals surface area contributed by atoms with Gasteiger partial charge in [0, 0.05) is 12.0 Å². The van der Waals surface area contributed by atoms with Crippen LogP contribution in [0.3, 0.4) is 0 Å². The van der Waals surface area contributed by atoms with Gasteiger partial charge in [0.15, 0.2) is 0 Å². The van der Waals surface area contributed by atoms with E-state index in [2.05, 4.69) is 34.9 Å². The molecule has 180 valence electrons. The second kappa shape index (κ2) is 10.7. The van der Waals surface area contributed by atoms with Crippen LogP contribution in [0.15, 0.2) is 48.5 Å². The number of rotatable bonds is 9. The van der Waals surface area contributed by atoms with Gasteiger partial charge in [0.1, 0.15) is 12.6 Å². The quantitative estimate of drug-likeness (QED) is 0.508. The van der Waals surface area contributed by atoms with Gasteiger partial charge in [-0.25, -0.2) is 4.79 Å². The molecule has 2 amide bonds. The molecule has 3 atom stereocenters. The molecule has 1 saturated carbocycles. The van der Waals surface area contributed by atoms with Crippen LogP contribution in [0.25, 0.3) is 11.1 Å². The summed E-state index contributed by atoms with van der Waals surface area (Å²) < 4.78 is 5.60. The zero-order valence-electron chi connectivity index (χ0n) is 19.5. The van der Waals surface area contributed by atoms with Gasteiger partial charge in [0.05, 0.1) is 6.42 Å². The number of amides is 2. The minimum Gasteiger partial charge on any atom is -0.481 e. The minimum atomic E-state index is -0.854. The minimum absolute atomic E-state index is 0.0448. The molecule has 4 rings (SSSR count). The third-order valence-corrected chi connectivity index (χ3v) is 6.95. The van der Waals surface area contributed by atoms with Gasteiger partial charge >= 0.3 is 12.1 Å². The average molecular weight is 465 g/mol. The first kappa shape index (κ1) is 23.8. The Kier molecular flexibility index (Phi) is 7.50. The van der Waals surface area contributed by atoms with Crippen LogP contribution in [0.5, 0.6) is 0 Å². The molecule has 0 heterocycles. The van der Waals surface area contributed by atoms with Crippen LogP contribution >= 0.6 is 0 Å². The number of ether oxygens (including phenoxy) is 1. The van der Waals surface area contributed by atoms with Crippen LogP contribution in [-0.4, -0.2) is 41.8 Å². The zero-order chi connectivity index (χ0) is 24.1. The Bertz CT molecular complexity index is 1010. The van der Waals surface area contributed by atoms with Gasteiger partial charge in [-0.1, -0.05) is 68.3 Å². The lowest BCUT2D eigenvalue weighted by Crippen LogP contribution is -2.50. The van der Waals surface area contributed by atoms with Gasteiger partial charge in [-0.05, 0) is 47.4 Å². The number of carboxylic acid groups (broad SMARTS) is 1. The highest BCUT2D eigenvalue weighted by atomic mass is 16.5. The van der Waals surface area contributed by atoms with Crippen molar-refractivity contribution in [3.63, 3.8) is 0 Å². The summed E-state index contributed by atoms with van der Waals surface area (Å²) in [5.74, 6) is -1.25. The van der Waals surface area contributed by atoms with E-state index in [0.29, 0.717) is 12.8 Å². The molecule has 7 nitrogen and oxygen atoms in total. The van der Waals surface area contributed by atoms with Gasteiger partial charge in [0.2, 0.25) is 5.91 Å². The van der Waals surface area contributed by atoms with Crippen molar-refractivity contribution in [1.29, 1.82) is 0 Å². The predicted molar refractivity (Wildman–Crippen MR) is 128 cm³/mol. The van der Waals surface area contributed by atoms with Crippen LogP contribution in [-0.2, 0) is 14.3 Å². The first-order chi connectivity index (χ1) is 16.5. The number of hydrogen-bond acceptors (Lipinski definition) is 4. The normalized spacial score (nSPS) is 19.7. The summed E-state index contributed by atoms with van der Waals surface area (Å²) in [6.07, 6.45) is 3.05. The summed E-state index contributed by atoms with van der Waals surface area (Å²) in [6.45, 7) is 2.13. The number of alkyl carbamates (subject to hydrolysis) is 1. The zero-order valence-corrected chi connectivity index (χ0v) is 19.5. The van der Waals surface area contributed by atoms with Crippen LogP contribution in [0.2, 0.25) is 0 Å². The van der Waals surface area contributed by atoms with Crippen molar-refractivity contribution in [2.45, 2.75) is 63.5 Å². The second-order valence-electron chi connectivity index (χ2n) is 9.22. The fraction of sp³-hybridized carbons (Fsp3) is 0.444. The fourth-order valence-electron chi connectivity index (χ4n) is 5.32. The molecule has 1 unspecified atom stereocenters. The molecule has 7 heteroatoms. The number of carboxylic acids is 1. The second-order valence-corrected chi connectivity index (χ2v) is 9.22. The van der Waals surface area contributed by atoms with Crippen molar-refractivity contribution < 1.29 is 24.2 Å². The lowest BCUT2D eigenvalue weighted by Gasteiger charge is -2.24. The first-order valence-corrected chi connectivity index (χ1v) is 12.1. The van der Waals surface area contributed by atoms with Crippen LogP contribution < -0.4 is 10.6 Å². The Morgan fingerprint density at radius 2 is 1.68 bits per heavy atom. The molecule has 0 bridgehead atoms. The van der Waals surface area contributed by atoms with E-state index in [9.17, 15) is 14.4 Å². The maximum Gasteiger partial charge on any atom is 0.407 e. The molecule has 2 aromatic rings. The summed E-state index contributed by atoms with van der Waals surface area (Å²) in [5.41, 5.74) is 4.57. The summed E-state index contributed by atoms with van der Waals surface area (Å²) in [4.78, 5) is 36.7.